The molecule has 0 spiro atoms. The van der Waals surface area contributed by atoms with Crippen LogP contribution in [0.15, 0.2) is 42.5 Å². The highest BCUT2D eigenvalue weighted by atomic mass is 31.1. The maximum Gasteiger partial charge on any atom is -0.0103 e. The number of hydrogen-bond acceptors (Lipinski definition) is 0. The Bertz CT molecular complexity index is 415. The van der Waals surface area contributed by atoms with E-state index in [1.54, 1.807) is 0 Å². The molecule has 0 aromatic heterocycles. The first-order chi connectivity index (χ1) is 6.92. The van der Waals surface area contributed by atoms with Gasteiger partial charge in [0.1, 0.15) is 0 Å². The fourth-order valence-electron chi connectivity index (χ4n) is 1.58. The molecule has 0 saturated carbocycles. The van der Waals surface area contributed by atoms with Crippen LogP contribution in [0.4, 0.5) is 0 Å². The second-order valence-electron chi connectivity index (χ2n) is 3.38. The van der Waals surface area contributed by atoms with Gasteiger partial charge < -0.3 is 0 Å². The number of fused-ring (bicyclic) bond motifs is 1. The molecular weight excluding hydrogens is 187 g/mol. The SMILES string of the molecule is CCC[P]c1cccc2ccccc12. The van der Waals surface area contributed by atoms with Gasteiger partial charge in [0, 0.05) is 0 Å². The monoisotopic (exact) mass is 201 g/mol. The summed E-state index contributed by atoms with van der Waals surface area (Å²) >= 11 is 0. The van der Waals surface area contributed by atoms with Gasteiger partial charge >= 0.3 is 0 Å². The van der Waals surface area contributed by atoms with Gasteiger partial charge in [0.05, 0.1) is 0 Å². The lowest BCUT2D eigenvalue weighted by Crippen LogP contribution is -1.96. The molecule has 0 aliphatic rings. The molecular formula is C13H14P. The molecule has 0 heterocycles. The largest absolute Gasteiger partial charge is 0.0650 e. The third kappa shape index (κ3) is 1.96. The Kier molecular flexibility index (Phi) is 3.16. The van der Waals surface area contributed by atoms with Gasteiger partial charge in [0.15, 0.2) is 0 Å². The maximum absolute atomic E-state index is 2.24. The molecule has 0 bridgehead atoms. The first-order valence-electron chi connectivity index (χ1n) is 5.07. The van der Waals surface area contributed by atoms with Crippen molar-refractivity contribution >= 4 is 24.7 Å². The molecule has 0 unspecified atom stereocenters. The Morgan fingerprint density at radius 3 is 2.64 bits per heavy atom. The van der Waals surface area contributed by atoms with Crippen molar-refractivity contribution < 1.29 is 0 Å². The summed E-state index contributed by atoms with van der Waals surface area (Å²) in [6, 6.07) is 15.2. The van der Waals surface area contributed by atoms with Crippen molar-refractivity contribution in [1.82, 2.24) is 0 Å². The Morgan fingerprint density at radius 2 is 1.79 bits per heavy atom. The number of benzene rings is 2. The molecule has 2 aromatic rings. The smallest absolute Gasteiger partial charge is 0.0103 e. The van der Waals surface area contributed by atoms with E-state index < -0.39 is 0 Å². The predicted octanol–water partition coefficient (Wildman–Crippen LogP) is 3.82. The fraction of sp³-hybridized carbons (Fsp3) is 0.231. The summed E-state index contributed by atoms with van der Waals surface area (Å²) in [6.07, 6.45) is 2.51. The van der Waals surface area contributed by atoms with Crippen LogP contribution < -0.4 is 5.30 Å². The predicted molar refractivity (Wildman–Crippen MR) is 65.7 cm³/mol. The second-order valence-corrected chi connectivity index (χ2v) is 4.63. The highest BCUT2D eigenvalue weighted by molar-refractivity contribution is 7.47. The van der Waals surface area contributed by atoms with Gasteiger partial charge in [0.2, 0.25) is 0 Å². The molecule has 0 fully saturated rings. The Morgan fingerprint density at radius 1 is 1.00 bits per heavy atom. The van der Waals surface area contributed by atoms with Gasteiger partial charge in [-0.1, -0.05) is 55.8 Å². The van der Waals surface area contributed by atoms with Crippen LogP contribution in [0, 0.1) is 0 Å². The summed E-state index contributed by atoms with van der Waals surface area (Å²) in [7, 11) is 1.45. The standard InChI is InChI=1S/C13H14P/c1-2-10-14-13-9-5-7-11-6-3-4-8-12(11)13/h3-9H,2,10H2,1H3. The summed E-state index contributed by atoms with van der Waals surface area (Å²) in [6.45, 7) is 2.23. The van der Waals surface area contributed by atoms with Crippen LogP contribution >= 0.6 is 8.58 Å². The summed E-state index contributed by atoms with van der Waals surface area (Å²) in [5.74, 6) is 0. The third-order valence-corrected chi connectivity index (χ3v) is 3.67. The molecule has 0 aliphatic heterocycles. The molecule has 71 valence electrons. The molecule has 1 heteroatoms. The molecule has 2 rings (SSSR count). The van der Waals surface area contributed by atoms with Crippen LogP contribution in [-0.2, 0) is 0 Å². The van der Waals surface area contributed by atoms with Crippen LogP contribution in [-0.4, -0.2) is 6.16 Å². The lowest BCUT2D eigenvalue weighted by Gasteiger charge is -2.04. The van der Waals surface area contributed by atoms with Crippen molar-refractivity contribution in [2.75, 3.05) is 6.16 Å². The Balaban J connectivity index is 2.43. The van der Waals surface area contributed by atoms with Crippen LogP contribution in [0.25, 0.3) is 10.8 Å². The lowest BCUT2D eigenvalue weighted by atomic mass is 10.1. The van der Waals surface area contributed by atoms with E-state index in [0.717, 1.165) is 0 Å². The molecule has 14 heavy (non-hydrogen) atoms. The molecule has 0 atom stereocenters. The Labute approximate surface area is 87.1 Å². The van der Waals surface area contributed by atoms with Crippen LogP contribution in [0.3, 0.4) is 0 Å². The van der Waals surface area contributed by atoms with Gasteiger partial charge in [-0.25, -0.2) is 0 Å². The van der Waals surface area contributed by atoms with E-state index in [9.17, 15) is 0 Å². The quantitative estimate of drug-likeness (QED) is 0.662. The van der Waals surface area contributed by atoms with Crippen molar-refractivity contribution in [3.8, 4) is 0 Å². The van der Waals surface area contributed by atoms with Gasteiger partial charge in [-0.2, -0.15) is 0 Å². The summed E-state index contributed by atoms with van der Waals surface area (Å²) in [5, 5.41) is 4.23. The van der Waals surface area contributed by atoms with Crippen molar-refractivity contribution in [1.29, 1.82) is 0 Å². The molecule has 0 amide bonds. The zero-order valence-electron chi connectivity index (χ0n) is 8.40. The van der Waals surface area contributed by atoms with E-state index in [1.165, 1.54) is 37.2 Å². The summed E-state index contributed by atoms with van der Waals surface area (Å²) in [5.41, 5.74) is 0. The summed E-state index contributed by atoms with van der Waals surface area (Å²) < 4.78 is 0. The van der Waals surface area contributed by atoms with Crippen LogP contribution in [0.1, 0.15) is 13.3 Å². The van der Waals surface area contributed by atoms with Crippen molar-refractivity contribution in [3.05, 3.63) is 42.5 Å². The molecule has 0 aliphatic carbocycles. The lowest BCUT2D eigenvalue weighted by molar-refractivity contribution is 1.10. The van der Waals surface area contributed by atoms with Crippen LogP contribution in [0.5, 0.6) is 0 Å². The van der Waals surface area contributed by atoms with Crippen molar-refractivity contribution in [2.45, 2.75) is 13.3 Å². The molecule has 0 saturated heterocycles. The zero-order chi connectivity index (χ0) is 9.80. The minimum absolute atomic E-state index is 1.25. The maximum atomic E-state index is 2.24. The first-order valence-corrected chi connectivity index (χ1v) is 6.15. The zero-order valence-corrected chi connectivity index (χ0v) is 9.30. The number of rotatable bonds is 3. The van der Waals surface area contributed by atoms with E-state index in [-0.39, 0.29) is 0 Å². The minimum Gasteiger partial charge on any atom is -0.0650 e. The summed E-state index contributed by atoms with van der Waals surface area (Å²) in [4.78, 5) is 0. The molecule has 1 radical (unpaired) electrons. The third-order valence-electron chi connectivity index (χ3n) is 2.27. The van der Waals surface area contributed by atoms with E-state index in [4.69, 9.17) is 0 Å². The van der Waals surface area contributed by atoms with E-state index in [1.807, 2.05) is 0 Å². The minimum atomic E-state index is 1.25. The Hall–Kier alpha value is -0.870. The molecule has 0 nitrogen and oxygen atoms in total. The van der Waals surface area contributed by atoms with E-state index in [2.05, 4.69) is 49.4 Å². The van der Waals surface area contributed by atoms with Gasteiger partial charge in [-0.15, -0.1) is 0 Å². The average Bonchev–Trinajstić information content (AvgIpc) is 2.26. The second kappa shape index (κ2) is 4.57. The average molecular weight is 201 g/mol. The highest BCUT2D eigenvalue weighted by Gasteiger charge is 1.99. The highest BCUT2D eigenvalue weighted by Crippen LogP contribution is 2.19. The number of hydrogen-bond donors (Lipinski definition) is 0. The molecule has 0 N–H and O–H groups in total. The van der Waals surface area contributed by atoms with E-state index >= 15 is 0 Å². The normalized spacial score (nSPS) is 11.5. The van der Waals surface area contributed by atoms with Gasteiger partial charge in [-0.3, -0.25) is 0 Å². The van der Waals surface area contributed by atoms with Gasteiger partial charge in [0.25, 0.3) is 0 Å². The topological polar surface area (TPSA) is 0 Å². The molecule has 2 aromatic carbocycles. The van der Waals surface area contributed by atoms with Gasteiger partial charge in [-0.05, 0) is 30.8 Å². The van der Waals surface area contributed by atoms with Crippen LogP contribution in [0.2, 0.25) is 0 Å². The fourth-order valence-corrected chi connectivity index (χ4v) is 2.61. The van der Waals surface area contributed by atoms with Crippen molar-refractivity contribution in [3.63, 3.8) is 0 Å². The first kappa shape index (κ1) is 9.68. The van der Waals surface area contributed by atoms with E-state index in [0.29, 0.717) is 0 Å². The van der Waals surface area contributed by atoms with Crippen molar-refractivity contribution in [2.24, 2.45) is 0 Å².